The summed E-state index contributed by atoms with van der Waals surface area (Å²) in [5.41, 5.74) is 5.27. The first-order chi connectivity index (χ1) is 8.15. The molecule has 0 unspecified atom stereocenters. The number of rotatable bonds is 3. The van der Waals surface area contributed by atoms with Gasteiger partial charge < -0.3 is 15.8 Å². The van der Waals surface area contributed by atoms with Gasteiger partial charge in [-0.05, 0) is 37.8 Å². The molecule has 2 rings (SSSR count). The largest absolute Gasteiger partial charge is 0.487 e. The summed E-state index contributed by atoms with van der Waals surface area (Å²) in [5, 5.41) is 2.31. The van der Waals surface area contributed by atoms with Gasteiger partial charge in [-0.15, -0.1) is 0 Å². The number of ether oxygens (including phenoxy) is 1. The quantitative estimate of drug-likeness (QED) is 0.850. The number of benzene rings is 1. The van der Waals surface area contributed by atoms with Gasteiger partial charge in [-0.1, -0.05) is 0 Å². The molecule has 1 aliphatic carbocycles. The number of halogens is 1. The highest BCUT2D eigenvalue weighted by atomic mass is 19.1. The fraction of sp³-hybridized carbons (Fsp3) is 0.417. The second kappa shape index (κ2) is 5.03. The van der Waals surface area contributed by atoms with Crippen LogP contribution in [0.1, 0.15) is 25.7 Å². The van der Waals surface area contributed by atoms with Gasteiger partial charge in [0.15, 0.2) is 11.6 Å². The lowest BCUT2D eigenvalue weighted by Crippen LogP contribution is -2.19. The van der Waals surface area contributed by atoms with Crippen LogP contribution in [0.15, 0.2) is 18.2 Å². The highest BCUT2D eigenvalue weighted by Gasteiger charge is 2.18. The smallest absolute Gasteiger partial charge is 0.316 e. The van der Waals surface area contributed by atoms with E-state index >= 15 is 0 Å². The minimum absolute atomic E-state index is 0.111. The first-order valence-corrected chi connectivity index (χ1v) is 5.68. The predicted octanol–water partition coefficient (Wildman–Crippen LogP) is 2.64. The Morgan fingerprint density at radius 3 is 2.71 bits per heavy atom. The maximum absolute atomic E-state index is 13.6. The molecule has 0 saturated heterocycles. The SMILES string of the molecule is NC(=O)Nc1ccc(OC2CCCC2)c(F)c1. The van der Waals surface area contributed by atoms with Crippen LogP contribution in [-0.2, 0) is 0 Å². The molecule has 1 fully saturated rings. The average molecular weight is 238 g/mol. The predicted molar refractivity (Wildman–Crippen MR) is 62.5 cm³/mol. The number of amides is 2. The zero-order chi connectivity index (χ0) is 12.3. The molecule has 0 aromatic heterocycles. The Kier molecular flexibility index (Phi) is 3.46. The topological polar surface area (TPSA) is 64.4 Å². The van der Waals surface area contributed by atoms with E-state index in [1.165, 1.54) is 12.1 Å². The molecule has 2 amide bonds. The molecule has 0 aliphatic heterocycles. The molecule has 1 aromatic rings. The van der Waals surface area contributed by atoms with Crippen molar-refractivity contribution in [3.8, 4) is 5.75 Å². The third-order valence-corrected chi connectivity index (χ3v) is 2.80. The van der Waals surface area contributed by atoms with E-state index in [0.29, 0.717) is 5.69 Å². The normalized spacial score (nSPS) is 15.8. The van der Waals surface area contributed by atoms with Crippen molar-refractivity contribution in [1.82, 2.24) is 0 Å². The second-order valence-corrected chi connectivity index (χ2v) is 4.16. The number of nitrogens with two attached hydrogens (primary N) is 1. The minimum atomic E-state index is -0.714. The first-order valence-electron chi connectivity index (χ1n) is 5.68. The van der Waals surface area contributed by atoms with Crippen molar-refractivity contribution < 1.29 is 13.9 Å². The maximum Gasteiger partial charge on any atom is 0.316 e. The first kappa shape index (κ1) is 11.7. The molecule has 0 bridgehead atoms. The summed E-state index contributed by atoms with van der Waals surface area (Å²) in [6.45, 7) is 0. The van der Waals surface area contributed by atoms with Crippen LogP contribution in [0.5, 0.6) is 5.75 Å². The molecule has 1 aliphatic rings. The van der Waals surface area contributed by atoms with Crippen LogP contribution < -0.4 is 15.8 Å². The van der Waals surface area contributed by atoms with Crippen LogP contribution in [0.3, 0.4) is 0 Å². The Bertz CT molecular complexity index is 417. The average Bonchev–Trinajstić information content (AvgIpc) is 2.74. The fourth-order valence-corrected chi connectivity index (χ4v) is 2.00. The van der Waals surface area contributed by atoms with E-state index in [4.69, 9.17) is 10.5 Å². The Labute approximate surface area is 98.9 Å². The number of urea groups is 1. The van der Waals surface area contributed by atoms with Crippen LogP contribution in [-0.4, -0.2) is 12.1 Å². The summed E-state index contributed by atoms with van der Waals surface area (Å²) in [7, 11) is 0. The Morgan fingerprint density at radius 1 is 1.41 bits per heavy atom. The molecule has 4 nitrogen and oxygen atoms in total. The number of carbonyl (C=O) groups is 1. The third-order valence-electron chi connectivity index (χ3n) is 2.80. The molecule has 3 N–H and O–H groups in total. The fourth-order valence-electron chi connectivity index (χ4n) is 2.00. The zero-order valence-electron chi connectivity index (χ0n) is 9.41. The number of carbonyl (C=O) groups excluding carboxylic acids is 1. The van der Waals surface area contributed by atoms with Gasteiger partial charge in [0.25, 0.3) is 0 Å². The highest BCUT2D eigenvalue weighted by Crippen LogP contribution is 2.27. The lowest BCUT2D eigenvalue weighted by atomic mass is 10.2. The van der Waals surface area contributed by atoms with Gasteiger partial charge in [-0.2, -0.15) is 0 Å². The van der Waals surface area contributed by atoms with Crippen molar-refractivity contribution in [3.63, 3.8) is 0 Å². The van der Waals surface area contributed by atoms with Gasteiger partial charge in [-0.3, -0.25) is 0 Å². The number of nitrogens with one attached hydrogen (secondary N) is 1. The van der Waals surface area contributed by atoms with E-state index in [1.54, 1.807) is 6.07 Å². The monoisotopic (exact) mass is 238 g/mol. The standard InChI is InChI=1S/C12H15FN2O2/c13-10-7-8(15-12(14)16)5-6-11(10)17-9-3-1-2-4-9/h5-7,9H,1-4H2,(H3,14,15,16). The Morgan fingerprint density at radius 2 is 2.12 bits per heavy atom. The van der Waals surface area contributed by atoms with Gasteiger partial charge in [0, 0.05) is 11.8 Å². The number of hydrogen-bond donors (Lipinski definition) is 2. The van der Waals surface area contributed by atoms with Gasteiger partial charge in [-0.25, -0.2) is 9.18 Å². The summed E-state index contributed by atoms with van der Waals surface area (Å²) in [4.78, 5) is 10.6. The van der Waals surface area contributed by atoms with E-state index < -0.39 is 11.8 Å². The van der Waals surface area contributed by atoms with Gasteiger partial charge >= 0.3 is 6.03 Å². The maximum atomic E-state index is 13.6. The third kappa shape index (κ3) is 3.09. The van der Waals surface area contributed by atoms with E-state index in [9.17, 15) is 9.18 Å². The van der Waals surface area contributed by atoms with Crippen LogP contribution >= 0.6 is 0 Å². The number of hydrogen-bond acceptors (Lipinski definition) is 2. The molecule has 0 radical (unpaired) electrons. The molecule has 0 spiro atoms. The number of primary amides is 1. The molecule has 1 aromatic carbocycles. The van der Waals surface area contributed by atoms with E-state index in [-0.39, 0.29) is 11.9 Å². The van der Waals surface area contributed by atoms with E-state index in [2.05, 4.69) is 5.32 Å². The Hall–Kier alpha value is -1.78. The number of anilines is 1. The minimum Gasteiger partial charge on any atom is -0.487 e. The lowest BCUT2D eigenvalue weighted by Gasteiger charge is -2.14. The van der Waals surface area contributed by atoms with Crippen molar-refractivity contribution in [2.24, 2.45) is 5.73 Å². The molecule has 1 saturated carbocycles. The Balaban J connectivity index is 2.05. The second-order valence-electron chi connectivity index (χ2n) is 4.16. The molecular weight excluding hydrogens is 223 g/mol. The summed E-state index contributed by atoms with van der Waals surface area (Å²) in [6.07, 6.45) is 4.32. The molecule has 0 heterocycles. The summed E-state index contributed by atoms with van der Waals surface area (Å²) >= 11 is 0. The summed E-state index contributed by atoms with van der Waals surface area (Å²) < 4.78 is 19.2. The van der Waals surface area contributed by atoms with Gasteiger partial charge in [0.1, 0.15) is 0 Å². The zero-order valence-corrected chi connectivity index (χ0v) is 9.41. The lowest BCUT2D eigenvalue weighted by molar-refractivity contribution is 0.201. The summed E-state index contributed by atoms with van der Waals surface area (Å²) in [5.74, 6) is -0.255. The van der Waals surface area contributed by atoms with Gasteiger partial charge in [0.05, 0.1) is 6.10 Å². The molecular formula is C12H15FN2O2. The van der Waals surface area contributed by atoms with E-state index in [1.807, 2.05) is 0 Å². The van der Waals surface area contributed by atoms with Crippen LogP contribution in [0.25, 0.3) is 0 Å². The molecule has 0 atom stereocenters. The van der Waals surface area contributed by atoms with Crippen LogP contribution in [0, 0.1) is 5.82 Å². The molecule has 92 valence electrons. The van der Waals surface area contributed by atoms with E-state index in [0.717, 1.165) is 25.7 Å². The van der Waals surface area contributed by atoms with Crippen molar-refractivity contribution in [2.75, 3.05) is 5.32 Å². The van der Waals surface area contributed by atoms with Crippen molar-refractivity contribution in [3.05, 3.63) is 24.0 Å². The van der Waals surface area contributed by atoms with Crippen LogP contribution in [0.4, 0.5) is 14.9 Å². The summed E-state index contributed by atoms with van der Waals surface area (Å²) in [6, 6.07) is 3.57. The van der Waals surface area contributed by atoms with Gasteiger partial charge in [0.2, 0.25) is 0 Å². The van der Waals surface area contributed by atoms with Crippen molar-refractivity contribution >= 4 is 11.7 Å². The molecule has 5 heteroatoms. The highest BCUT2D eigenvalue weighted by molar-refractivity contribution is 5.87. The van der Waals surface area contributed by atoms with Crippen LogP contribution in [0.2, 0.25) is 0 Å². The molecule has 17 heavy (non-hydrogen) atoms. The van der Waals surface area contributed by atoms with Crippen molar-refractivity contribution in [2.45, 2.75) is 31.8 Å². The van der Waals surface area contributed by atoms with Crippen molar-refractivity contribution in [1.29, 1.82) is 0 Å².